The van der Waals surface area contributed by atoms with Crippen LogP contribution in [0, 0.1) is 12.8 Å². The van der Waals surface area contributed by atoms with Gasteiger partial charge in [0.1, 0.15) is 0 Å². The summed E-state index contributed by atoms with van der Waals surface area (Å²) < 4.78 is 0. The second kappa shape index (κ2) is 5.49. The van der Waals surface area contributed by atoms with Crippen molar-refractivity contribution in [2.75, 3.05) is 0 Å². The molecule has 1 aliphatic rings. The van der Waals surface area contributed by atoms with E-state index in [1.54, 1.807) is 6.20 Å². The average molecular weight is 252 g/mol. The van der Waals surface area contributed by atoms with Crippen molar-refractivity contribution < 1.29 is 9.90 Å². The first-order valence-electron chi connectivity index (χ1n) is 5.86. The van der Waals surface area contributed by atoms with Crippen molar-refractivity contribution in [1.29, 1.82) is 0 Å². The van der Waals surface area contributed by atoms with Gasteiger partial charge in [-0.15, -0.1) is 0 Å². The Kier molecular flexibility index (Phi) is 3.99. The summed E-state index contributed by atoms with van der Waals surface area (Å²) >= 11 is 1.51. The van der Waals surface area contributed by atoms with Gasteiger partial charge in [0.25, 0.3) is 0 Å². The van der Waals surface area contributed by atoms with Gasteiger partial charge in [-0.1, -0.05) is 24.6 Å². The predicted octanol–water partition coefficient (Wildman–Crippen LogP) is 2.52. The van der Waals surface area contributed by atoms with Gasteiger partial charge >= 0.3 is 5.97 Å². The number of aryl methyl sites for hydroxylation is 1. The molecule has 2 rings (SSSR count). The summed E-state index contributed by atoms with van der Waals surface area (Å²) in [5.41, 5.74) is 0.921. The maximum Gasteiger partial charge on any atom is 0.307 e. The molecule has 17 heavy (non-hydrogen) atoms. The van der Waals surface area contributed by atoms with Gasteiger partial charge in [-0.25, -0.2) is 9.97 Å². The number of carboxylic acid groups (broad SMARTS) is 1. The molecule has 1 aromatic heterocycles. The van der Waals surface area contributed by atoms with Gasteiger partial charge < -0.3 is 5.11 Å². The van der Waals surface area contributed by atoms with Crippen LogP contribution in [0.15, 0.2) is 17.4 Å². The summed E-state index contributed by atoms with van der Waals surface area (Å²) in [6.07, 6.45) is 5.57. The molecule has 0 aromatic carbocycles. The third-order valence-electron chi connectivity index (χ3n) is 3.05. The van der Waals surface area contributed by atoms with Crippen molar-refractivity contribution in [3.05, 3.63) is 18.0 Å². The van der Waals surface area contributed by atoms with E-state index < -0.39 is 5.97 Å². The highest BCUT2D eigenvalue weighted by molar-refractivity contribution is 7.99. The Morgan fingerprint density at radius 2 is 2.24 bits per heavy atom. The van der Waals surface area contributed by atoms with E-state index in [0.29, 0.717) is 5.16 Å². The van der Waals surface area contributed by atoms with Gasteiger partial charge in [0, 0.05) is 17.1 Å². The van der Waals surface area contributed by atoms with Crippen LogP contribution < -0.4 is 0 Å². The van der Waals surface area contributed by atoms with Gasteiger partial charge in [0.05, 0.1) is 5.92 Å². The molecule has 0 radical (unpaired) electrons. The summed E-state index contributed by atoms with van der Waals surface area (Å²) in [7, 11) is 0. The van der Waals surface area contributed by atoms with Gasteiger partial charge in [-0.05, 0) is 25.8 Å². The molecule has 4 nitrogen and oxygen atoms in total. The summed E-state index contributed by atoms with van der Waals surface area (Å²) in [4.78, 5) is 19.7. The van der Waals surface area contributed by atoms with Crippen LogP contribution in [0.25, 0.3) is 0 Å². The zero-order valence-corrected chi connectivity index (χ0v) is 10.6. The molecule has 2 atom stereocenters. The first kappa shape index (κ1) is 12.4. The number of hydrogen-bond donors (Lipinski definition) is 1. The molecule has 1 aliphatic carbocycles. The van der Waals surface area contributed by atoms with E-state index in [-0.39, 0.29) is 11.2 Å². The monoisotopic (exact) mass is 252 g/mol. The van der Waals surface area contributed by atoms with Gasteiger partial charge in [-0.3, -0.25) is 4.79 Å². The van der Waals surface area contributed by atoms with Gasteiger partial charge in [0.2, 0.25) is 0 Å². The molecule has 5 heteroatoms. The lowest BCUT2D eigenvalue weighted by Crippen LogP contribution is -2.29. The fourth-order valence-electron chi connectivity index (χ4n) is 2.14. The lowest BCUT2D eigenvalue weighted by atomic mass is 9.89. The van der Waals surface area contributed by atoms with Crippen LogP contribution in [0.5, 0.6) is 0 Å². The number of thioether (sulfide) groups is 1. The smallest absolute Gasteiger partial charge is 0.307 e. The van der Waals surface area contributed by atoms with Crippen molar-refractivity contribution >= 4 is 17.7 Å². The van der Waals surface area contributed by atoms with E-state index in [4.69, 9.17) is 0 Å². The van der Waals surface area contributed by atoms with Crippen LogP contribution in [-0.4, -0.2) is 26.3 Å². The zero-order chi connectivity index (χ0) is 12.3. The molecule has 0 saturated heterocycles. The van der Waals surface area contributed by atoms with Crippen LogP contribution in [0.2, 0.25) is 0 Å². The van der Waals surface area contributed by atoms with Crippen LogP contribution in [0.3, 0.4) is 0 Å². The van der Waals surface area contributed by atoms with Gasteiger partial charge in [0.15, 0.2) is 5.16 Å². The van der Waals surface area contributed by atoms with E-state index in [1.807, 2.05) is 13.0 Å². The normalized spacial score (nSPS) is 24.5. The molecule has 1 heterocycles. The Morgan fingerprint density at radius 1 is 1.47 bits per heavy atom. The fourth-order valence-corrected chi connectivity index (χ4v) is 3.43. The molecular formula is C12H16N2O2S. The van der Waals surface area contributed by atoms with E-state index in [2.05, 4.69) is 9.97 Å². The average Bonchev–Trinajstić information content (AvgIpc) is 2.29. The lowest BCUT2D eigenvalue weighted by molar-refractivity contribution is -0.142. The Balaban J connectivity index is 2.08. The highest BCUT2D eigenvalue weighted by Crippen LogP contribution is 2.36. The minimum atomic E-state index is -0.685. The summed E-state index contributed by atoms with van der Waals surface area (Å²) in [6, 6.07) is 1.85. The molecular weight excluding hydrogens is 236 g/mol. The molecule has 0 amide bonds. The minimum Gasteiger partial charge on any atom is -0.481 e. The molecule has 0 bridgehead atoms. The number of hydrogen-bond acceptors (Lipinski definition) is 4. The third-order valence-corrected chi connectivity index (χ3v) is 4.32. The molecule has 0 spiro atoms. The van der Waals surface area contributed by atoms with Crippen molar-refractivity contribution in [2.24, 2.45) is 5.92 Å². The largest absolute Gasteiger partial charge is 0.481 e. The van der Waals surface area contributed by atoms with Crippen molar-refractivity contribution in [3.8, 4) is 0 Å². The first-order chi connectivity index (χ1) is 8.16. The zero-order valence-electron chi connectivity index (χ0n) is 9.80. The Bertz CT molecular complexity index is 411. The second-order valence-corrected chi connectivity index (χ2v) is 5.57. The summed E-state index contributed by atoms with van der Waals surface area (Å²) in [5, 5.41) is 10.00. The Labute approximate surface area is 105 Å². The van der Waals surface area contributed by atoms with Crippen LogP contribution in [0.1, 0.15) is 31.4 Å². The number of aliphatic carboxylic acids is 1. The number of carbonyl (C=O) groups is 1. The van der Waals surface area contributed by atoms with Crippen molar-refractivity contribution in [1.82, 2.24) is 9.97 Å². The van der Waals surface area contributed by atoms with Crippen LogP contribution in [-0.2, 0) is 4.79 Å². The SMILES string of the molecule is Cc1ccnc(SC2CCCCC2C(=O)O)n1. The number of aromatic nitrogens is 2. The van der Waals surface area contributed by atoms with Crippen LogP contribution >= 0.6 is 11.8 Å². The highest BCUT2D eigenvalue weighted by atomic mass is 32.2. The van der Waals surface area contributed by atoms with Crippen molar-refractivity contribution in [2.45, 2.75) is 43.0 Å². The van der Waals surface area contributed by atoms with Crippen molar-refractivity contribution in [3.63, 3.8) is 0 Å². The maximum absolute atomic E-state index is 11.2. The molecule has 1 N–H and O–H groups in total. The van der Waals surface area contributed by atoms with E-state index in [0.717, 1.165) is 31.4 Å². The lowest BCUT2D eigenvalue weighted by Gasteiger charge is -2.27. The predicted molar refractivity (Wildman–Crippen MR) is 66.0 cm³/mol. The Hall–Kier alpha value is -1.10. The molecule has 0 aliphatic heterocycles. The quantitative estimate of drug-likeness (QED) is 0.837. The summed E-state index contributed by atoms with van der Waals surface area (Å²) in [5.74, 6) is -0.937. The first-order valence-corrected chi connectivity index (χ1v) is 6.74. The fraction of sp³-hybridized carbons (Fsp3) is 0.583. The minimum absolute atomic E-state index is 0.114. The van der Waals surface area contributed by atoms with Gasteiger partial charge in [-0.2, -0.15) is 0 Å². The Morgan fingerprint density at radius 3 is 2.94 bits per heavy atom. The topological polar surface area (TPSA) is 63.1 Å². The molecule has 92 valence electrons. The standard InChI is InChI=1S/C12H16N2O2S/c1-8-6-7-13-12(14-8)17-10-5-3-2-4-9(10)11(15)16/h6-7,9-10H,2-5H2,1H3,(H,15,16). The number of carboxylic acids is 1. The highest BCUT2D eigenvalue weighted by Gasteiger charge is 2.32. The molecule has 1 fully saturated rings. The molecule has 2 unspecified atom stereocenters. The van der Waals surface area contributed by atoms with E-state index in [1.165, 1.54) is 11.8 Å². The molecule has 1 aromatic rings. The van der Waals surface area contributed by atoms with Crippen LogP contribution in [0.4, 0.5) is 0 Å². The third kappa shape index (κ3) is 3.19. The molecule has 1 saturated carbocycles. The number of nitrogens with zero attached hydrogens (tertiary/aromatic N) is 2. The number of rotatable bonds is 3. The maximum atomic E-state index is 11.2. The van der Waals surface area contributed by atoms with E-state index >= 15 is 0 Å². The van der Waals surface area contributed by atoms with E-state index in [9.17, 15) is 9.90 Å². The second-order valence-electron chi connectivity index (χ2n) is 4.37. The summed E-state index contributed by atoms with van der Waals surface area (Å²) in [6.45, 7) is 1.92.